The second-order valence-corrected chi connectivity index (χ2v) is 8.66. The second kappa shape index (κ2) is 6.42. The van der Waals surface area contributed by atoms with E-state index in [1.807, 2.05) is 12.8 Å². The summed E-state index contributed by atoms with van der Waals surface area (Å²) in [6, 6.07) is 8.31. The van der Waals surface area contributed by atoms with E-state index in [1.54, 1.807) is 0 Å². The predicted molar refractivity (Wildman–Crippen MR) is 104 cm³/mol. The highest BCUT2D eigenvalue weighted by molar-refractivity contribution is 9.10. The van der Waals surface area contributed by atoms with E-state index in [9.17, 15) is 4.79 Å². The van der Waals surface area contributed by atoms with Gasteiger partial charge in [0, 0.05) is 33.8 Å². The molecule has 1 atom stereocenters. The van der Waals surface area contributed by atoms with Crippen LogP contribution in [0.25, 0.3) is 5.70 Å². The molecule has 1 N–H and O–H groups in total. The Labute approximate surface area is 158 Å². The minimum Gasteiger partial charge on any atom is -0.358 e. The van der Waals surface area contributed by atoms with Crippen LogP contribution in [0.15, 0.2) is 46.1 Å². The summed E-state index contributed by atoms with van der Waals surface area (Å²) in [6.45, 7) is 4.34. The number of rotatable bonds is 2. The van der Waals surface area contributed by atoms with Crippen molar-refractivity contribution in [3.8, 4) is 0 Å². The average molecular weight is 395 g/mol. The molecule has 127 valence electrons. The second-order valence-electron chi connectivity index (χ2n) is 7.74. The van der Waals surface area contributed by atoms with Gasteiger partial charge in [-0.25, -0.2) is 0 Å². The highest BCUT2D eigenvalue weighted by Crippen LogP contribution is 2.46. The number of hydrogen-bond donors (Lipinski definition) is 1. The van der Waals surface area contributed by atoms with Crippen LogP contribution in [0.2, 0.25) is 0 Å². The maximum atomic E-state index is 12.9. The molecule has 0 saturated heterocycles. The third kappa shape index (κ3) is 3.36. The Kier molecular flexibility index (Phi) is 4.39. The maximum absolute atomic E-state index is 12.9. The number of carbonyl (C=O) groups excluding carboxylic acids is 1. The summed E-state index contributed by atoms with van der Waals surface area (Å²) in [6.07, 6.45) is 12.0. The Bertz CT molecular complexity index is 751. The van der Waals surface area contributed by atoms with Crippen LogP contribution in [0.1, 0.15) is 32.3 Å². The lowest BCUT2D eigenvalue weighted by Crippen LogP contribution is -2.37. The molecule has 0 bridgehead atoms. The molecule has 2 nitrogen and oxygen atoms in total. The standard InChI is InChI=1S/C22H21BrNO/c1-22(2)12-19-21(20(25)13-22)17(14-5-3-4-6-14)11-18(24-19)15-7-9-16(23)10-8-15/h3-11,17,24H,12-13H2,1-2H3. The summed E-state index contributed by atoms with van der Waals surface area (Å²) in [7, 11) is 0. The Morgan fingerprint density at radius 2 is 1.76 bits per heavy atom. The van der Waals surface area contributed by atoms with E-state index in [4.69, 9.17) is 0 Å². The van der Waals surface area contributed by atoms with Gasteiger partial charge in [-0.2, -0.15) is 0 Å². The van der Waals surface area contributed by atoms with E-state index < -0.39 is 0 Å². The number of nitrogens with one attached hydrogen (secondary N) is 1. The SMILES string of the molecule is CC1(C)CC(=O)C2=C(C1)NC(c1ccc(Br)cc1)=CC2[C]1[CH][CH][CH][CH]1. The minimum absolute atomic E-state index is 0.00164. The van der Waals surface area contributed by atoms with Gasteiger partial charge in [0.05, 0.1) is 0 Å². The largest absolute Gasteiger partial charge is 0.358 e. The van der Waals surface area contributed by atoms with Crippen molar-refractivity contribution in [1.82, 2.24) is 5.32 Å². The van der Waals surface area contributed by atoms with Crippen molar-refractivity contribution in [2.45, 2.75) is 26.7 Å². The number of dihydropyridines is 1. The zero-order chi connectivity index (χ0) is 17.6. The van der Waals surface area contributed by atoms with E-state index in [0.29, 0.717) is 6.42 Å². The highest BCUT2D eigenvalue weighted by atomic mass is 79.9. The van der Waals surface area contributed by atoms with E-state index in [2.05, 4.69) is 78.3 Å². The molecular weight excluding hydrogens is 374 g/mol. The van der Waals surface area contributed by atoms with Crippen molar-refractivity contribution in [2.24, 2.45) is 11.3 Å². The highest BCUT2D eigenvalue weighted by Gasteiger charge is 2.41. The molecule has 1 unspecified atom stereocenters. The quantitative estimate of drug-likeness (QED) is 0.759. The van der Waals surface area contributed by atoms with Crippen molar-refractivity contribution in [3.05, 3.63) is 83.2 Å². The summed E-state index contributed by atoms with van der Waals surface area (Å²) < 4.78 is 1.06. The predicted octanol–water partition coefficient (Wildman–Crippen LogP) is 5.06. The van der Waals surface area contributed by atoms with Gasteiger partial charge in [-0.1, -0.05) is 48.0 Å². The topological polar surface area (TPSA) is 29.1 Å². The minimum atomic E-state index is 0.00164. The number of ketones is 1. The number of carbonyl (C=O) groups is 1. The molecule has 3 aliphatic rings. The van der Waals surface area contributed by atoms with Gasteiger partial charge >= 0.3 is 0 Å². The third-order valence-electron chi connectivity index (χ3n) is 5.05. The smallest absolute Gasteiger partial charge is 0.161 e. The van der Waals surface area contributed by atoms with Crippen LogP contribution in [0.4, 0.5) is 0 Å². The number of Topliss-reactive ketones (excluding diaryl/α,β-unsaturated/α-hetero) is 1. The number of benzene rings is 1. The molecule has 3 heteroatoms. The van der Waals surface area contributed by atoms with Gasteiger partial charge in [0.25, 0.3) is 0 Å². The zero-order valence-electron chi connectivity index (χ0n) is 14.5. The lowest BCUT2D eigenvalue weighted by Gasteiger charge is -2.39. The molecule has 1 heterocycles. The molecule has 5 radical (unpaired) electrons. The first kappa shape index (κ1) is 17.1. The first-order chi connectivity index (χ1) is 11.9. The molecule has 25 heavy (non-hydrogen) atoms. The first-order valence-electron chi connectivity index (χ1n) is 8.66. The van der Waals surface area contributed by atoms with Crippen LogP contribution in [0.5, 0.6) is 0 Å². The normalized spacial score (nSPS) is 26.3. The number of allylic oxidation sites excluding steroid dienone is 3. The summed E-state index contributed by atoms with van der Waals surface area (Å²) in [5, 5.41) is 3.57. The van der Waals surface area contributed by atoms with Gasteiger partial charge in [-0.05, 0) is 61.1 Å². The van der Waals surface area contributed by atoms with Gasteiger partial charge in [-0.3, -0.25) is 4.79 Å². The monoisotopic (exact) mass is 394 g/mol. The van der Waals surface area contributed by atoms with E-state index in [1.165, 1.54) is 5.92 Å². The third-order valence-corrected chi connectivity index (χ3v) is 5.58. The molecule has 4 rings (SSSR count). The average Bonchev–Trinajstić information content (AvgIpc) is 3.07. The van der Waals surface area contributed by atoms with Crippen LogP contribution < -0.4 is 5.32 Å². The molecule has 0 aromatic heterocycles. The molecule has 2 aliphatic carbocycles. The van der Waals surface area contributed by atoms with Gasteiger partial charge < -0.3 is 5.32 Å². The van der Waals surface area contributed by atoms with E-state index >= 15 is 0 Å². The summed E-state index contributed by atoms with van der Waals surface area (Å²) in [5.74, 6) is 1.50. The zero-order valence-corrected chi connectivity index (χ0v) is 16.1. The van der Waals surface area contributed by atoms with Crippen LogP contribution in [-0.4, -0.2) is 5.78 Å². The van der Waals surface area contributed by atoms with Gasteiger partial charge in [0.1, 0.15) is 0 Å². The van der Waals surface area contributed by atoms with Crippen LogP contribution in [-0.2, 0) is 4.79 Å². The Morgan fingerprint density at radius 1 is 1.08 bits per heavy atom. The summed E-state index contributed by atoms with van der Waals surface area (Å²) in [5.41, 5.74) is 4.27. The van der Waals surface area contributed by atoms with E-state index in [-0.39, 0.29) is 17.1 Å². The van der Waals surface area contributed by atoms with Crippen molar-refractivity contribution in [2.75, 3.05) is 0 Å². The fourth-order valence-electron chi connectivity index (χ4n) is 3.92. The first-order valence-corrected chi connectivity index (χ1v) is 9.45. The van der Waals surface area contributed by atoms with Crippen molar-refractivity contribution < 1.29 is 4.79 Å². The maximum Gasteiger partial charge on any atom is 0.161 e. The summed E-state index contributed by atoms with van der Waals surface area (Å²) >= 11 is 3.50. The van der Waals surface area contributed by atoms with Gasteiger partial charge in [0.2, 0.25) is 0 Å². The number of halogens is 1. The Morgan fingerprint density at radius 3 is 2.44 bits per heavy atom. The van der Waals surface area contributed by atoms with Gasteiger partial charge in [0.15, 0.2) is 5.78 Å². The molecule has 1 saturated carbocycles. The van der Waals surface area contributed by atoms with Gasteiger partial charge in [-0.15, -0.1) is 0 Å². The fraction of sp³-hybridized carbons (Fsp3) is 0.273. The summed E-state index contributed by atoms with van der Waals surface area (Å²) in [4.78, 5) is 12.9. The molecular formula is C22H21BrNO. The van der Waals surface area contributed by atoms with Crippen LogP contribution in [0, 0.1) is 42.9 Å². The lowest BCUT2D eigenvalue weighted by atomic mass is 9.69. The molecule has 1 aromatic rings. The molecule has 1 aromatic carbocycles. The molecule has 1 aliphatic heterocycles. The Hall–Kier alpha value is -1.35. The van der Waals surface area contributed by atoms with E-state index in [0.717, 1.165) is 33.4 Å². The lowest BCUT2D eigenvalue weighted by molar-refractivity contribution is -0.118. The fourth-order valence-corrected chi connectivity index (χ4v) is 4.18. The molecule has 0 amide bonds. The van der Waals surface area contributed by atoms with Crippen molar-refractivity contribution >= 4 is 27.4 Å². The Balaban J connectivity index is 1.75. The van der Waals surface area contributed by atoms with Crippen molar-refractivity contribution in [1.29, 1.82) is 0 Å². The molecule has 1 fully saturated rings. The van der Waals surface area contributed by atoms with Crippen LogP contribution in [0.3, 0.4) is 0 Å². The van der Waals surface area contributed by atoms with Crippen LogP contribution >= 0.6 is 15.9 Å². The number of hydrogen-bond acceptors (Lipinski definition) is 2. The van der Waals surface area contributed by atoms with Crippen molar-refractivity contribution in [3.63, 3.8) is 0 Å². The molecule has 0 spiro atoms.